The quantitative estimate of drug-likeness (QED) is 0.875. The van der Waals surface area contributed by atoms with E-state index in [-0.39, 0.29) is 5.91 Å². The summed E-state index contributed by atoms with van der Waals surface area (Å²) in [4.78, 5) is 14.3. The maximum atomic E-state index is 11.9. The Morgan fingerprint density at radius 2 is 2.50 bits per heavy atom. The topological polar surface area (TPSA) is 61.0 Å². The van der Waals surface area contributed by atoms with Crippen molar-refractivity contribution in [1.29, 1.82) is 0 Å². The van der Waals surface area contributed by atoms with Crippen LogP contribution in [0, 0.1) is 0 Å². The summed E-state index contributed by atoms with van der Waals surface area (Å²) in [5, 5.41) is 9.64. The second-order valence-electron chi connectivity index (χ2n) is 4.58. The molecule has 1 aromatic heterocycles. The Kier molecular flexibility index (Phi) is 4.60. The van der Waals surface area contributed by atoms with E-state index < -0.39 is 0 Å². The number of nitrogens with one attached hydrogen (secondary N) is 2. The van der Waals surface area contributed by atoms with E-state index >= 15 is 0 Å². The Morgan fingerprint density at radius 1 is 1.67 bits per heavy atom. The molecule has 5 nitrogen and oxygen atoms in total. The lowest BCUT2D eigenvalue weighted by Crippen LogP contribution is -2.46. The van der Waals surface area contributed by atoms with E-state index in [0.29, 0.717) is 23.3 Å². The minimum Gasteiger partial charge on any atom is -0.349 e. The van der Waals surface area contributed by atoms with Crippen molar-refractivity contribution in [1.82, 2.24) is 20.4 Å². The van der Waals surface area contributed by atoms with Crippen molar-refractivity contribution in [3.8, 4) is 0 Å². The van der Waals surface area contributed by atoms with Gasteiger partial charge < -0.3 is 5.32 Å². The van der Waals surface area contributed by atoms with Crippen molar-refractivity contribution in [2.75, 3.05) is 19.6 Å². The molecule has 100 valence electrons. The van der Waals surface area contributed by atoms with Crippen molar-refractivity contribution >= 4 is 17.5 Å². The van der Waals surface area contributed by atoms with Crippen LogP contribution >= 0.6 is 11.6 Å². The highest BCUT2D eigenvalue weighted by Gasteiger charge is 2.22. The van der Waals surface area contributed by atoms with Gasteiger partial charge in [0.05, 0.1) is 11.2 Å². The highest BCUT2D eigenvalue weighted by molar-refractivity contribution is 6.33. The van der Waals surface area contributed by atoms with Gasteiger partial charge >= 0.3 is 0 Å². The first-order chi connectivity index (χ1) is 8.72. The molecule has 1 aliphatic heterocycles. The molecule has 1 unspecified atom stereocenters. The first-order valence-electron chi connectivity index (χ1n) is 6.43. The number of carbonyl (C=O) groups excluding carboxylic acids is 1. The molecule has 0 spiro atoms. The van der Waals surface area contributed by atoms with Crippen LogP contribution in [-0.2, 0) is 0 Å². The van der Waals surface area contributed by atoms with Crippen molar-refractivity contribution in [2.24, 2.45) is 0 Å². The number of likely N-dealkylation sites (tertiary alicyclic amines) is 1. The summed E-state index contributed by atoms with van der Waals surface area (Å²) < 4.78 is 0. The summed E-state index contributed by atoms with van der Waals surface area (Å²) in [6, 6.07) is 0.439. The molecule has 2 N–H and O–H groups in total. The first kappa shape index (κ1) is 13.4. The standard InChI is InChI=1S/C12H19ClN4O/c1-2-17-6-4-3-5-9(17)7-14-12(18)11-10(13)8-15-16-11/h8-9H,2-7H2,1H3,(H,14,18)(H,15,16). The van der Waals surface area contributed by atoms with Gasteiger partial charge in [0.2, 0.25) is 0 Å². The highest BCUT2D eigenvalue weighted by Crippen LogP contribution is 2.16. The number of rotatable bonds is 4. The van der Waals surface area contributed by atoms with E-state index in [9.17, 15) is 4.79 Å². The number of likely N-dealkylation sites (N-methyl/N-ethyl adjacent to an activating group) is 1. The van der Waals surface area contributed by atoms with E-state index in [1.807, 2.05) is 0 Å². The largest absolute Gasteiger partial charge is 0.349 e. The van der Waals surface area contributed by atoms with Gasteiger partial charge in [0.1, 0.15) is 5.69 Å². The predicted molar refractivity (Wildman–Crippen MR) is 70.8 cm³/mol. The van der Waals surface area contributed by atoms with Crippen LogP contribution in [-0.4, -0.2) is 46.7 Å². The number of piperidine rings is 1. The fourth-order valence-corrected chi connectivity index (χ4v) is 2.61. The molecule has 1 atom stereocenters. The lowest BCUT2D eigenvalue weighted by atomic mass is 10.0. The molecule has 1 aliphatic rings. The van der Waals surface area contributed by atoms with Gasteiger partial charge in [-0.3, -0.25) is 14.8 Å². The monoisotopic (exact) mass is 270 g/mol. The van der Waals surface area contributed by atoms with Crippen LogP contribution in [0.4, 0.5) is 0 Å². The number of aromatic amines is 1. The molecule has 2 heterocycles. The predicted octanol–water partition coefficient (Wildman–Crippen LogP) is 1.67. The maximum Gasteiger partial charge on any atom is 0.270 e. The lowest BCUT2D eigenvalue weighted by molar-refractivity contribution is 0.0913. The van der Waals surface area contributed by atoms with Crippen LogP contribution in [0.15, 0.2) is 6.20 Å². The van der Waals surface area contributed by atoms with Gasteiger partial charge in [0, 0.05) is 12.6 Å². The molecule has 18 heavy (non-hydrogen) atoms. The molecule has 1 aromatic rings. The van der Waals surface area contributed by atoms with E-state index in [4.69, 9.17) is 11.6 Å². The molecule has 0 saturated carbocycles. The van der Waals surface area contributed by atoms with Gasteiger partial charge in [-0.05, 0) is 25.9 Å². The Hall–Kier alpha value is -1.07. The molecule has 0 bridgehead atoms. The zero-order chi connectivity index (χ0) is 13.0. The third-order valence-electron chi connectivity index (χ3n) is 3.47. The molecular weight excluding hydrogens is 252 g/mol. The zero-order valence-electron chi connectivity index (χ0n) is 10.6. The molecule has 1 amide bonds. The SMILES string of the molecule is CCN1CCCCC1CNC(=O)c1[nH]ncc1Cl. The number of nitrogens with zero attached hydrogens (tertiary/aromatic N) is 2. The number of carbonyl (C=O) groups is 1. The number of amides is 1. The zero-order valence-corrected chi connectivity index (χ0v) is 11.3. The van der Waals surface area contributed by atoms with Crippen LogP contribution in [0.3, 0.4) is 0 Å². The molecule has 1 saturated heterocycles. The van der Waals surface area contributed by atoms with E-state index in [2.05, 4.69) is 27.3 Å². The second-order valence-corrected chi connectivity index (χ2v) is 4.99. The van der Waals surface area contributed by atoms with E-state index in [1.165, 1.54) is 19.0 Å². The fourth-order valence-electron chi connectivity index (χ4n) is 2.44. The van der Waals surface area contributed by atoms with Gasteiger partial charge in [0.15, 0.2) is 0 Å². The highest BCUT2D eigenvalue weighted by atomic mass is 35.5. The molecule has 1 fully saturated rings. The second kappa shape index (κ2) is 6.20. The summed E-state index contributed by atoms with van der Waals surface area (Å²) in [6.07, 6.45) is 5.08. The van der Waals surface area contributed by atoms with Gasteiger partial charge in [-0.1, -0.05) is 24.9 Å². The molecular formula is C12H19ClN4O. The van der Waals surface area contributed by atoms with Crippen molar-refractivity contribution < 1.29 is 4.79 Å². The lowest BCUT2D eigenvalue weighted by Gasteiger charge is -2.34. The summed E-state index contributed by atoms with van der Waals surface area (Å²) in [5.41, 5.74) is 0.343. The molecule has 0 radical (unpaired) electrons. The average molecular weight is 271 g/mol. The minimum absolute atomic E-state index is 0.181. The van der Waals surface area contributed by atoms with Crippen LogP contribution in [0.25, 0.3) is 0 Å². The van der Waals surface area contributed by atoms with Gasteiger partial charge in [-0.25, -0.2) is 0 Å². The third-order valence-corrected chi connectivity index (χ3v) is 3.76. The summed E-state index contributed by atoms with van der Waals surface area (Å²) >= 11 is 5.85. The van der Waals surface area contributed by atoms with Crippen molar-refractivity contribution in [3.05, 3.63) is 16.9 Å². The number of hydrogen-bond acceptors (Lipinski definition) is 3. The minimum atomic E-state index is -0.181. The van der Waals surface area contributed by atoms with Crippen molar-refractivity contribution in [3.63, 3.8) is 0 Å². The van der Waals surface area contributed by atoms with E-state index in [1.54, 1.807) is 0 Å². The summed E-state index contributed by atoms with van der Waals surface area (Å²) in [7, 11) is 0. The van der Waals surface area contributed by atoms with E-state index in [0.717, 1.165) is 19.5 Å². The molecule has 0 aliphatic carbocycles. The molecule has 2 rings (SSSR count). The normalized spacial score (nSPS) is 20.9. The Balaban J connectivity index is 1.87. The van der Waals surface area contributed by atoms with Crippen LogP contribution < -0.4 is 5.32 Å². The average Bonchev–Trinajstić information content (AvgIpc) is 2.82. The maximum absolute atomic E-state index is 11.9. The molecule has 6 heteroatoms. The van der Waals surface area contributed by atoms with Gasteiger partial charge in [-0.2, -0.15) is 5.10 Å². The Morgan fingerprint density at radius 3 is 3.17 bits per heavy atom. The Bertz CT molecular complexity index is 407. The van der Waals surface area contributed by atoms with Gasteiger partial charge in [0.25, 0.3) is 5.91 Å². The van der Waals surface area contributed by atoms with Gasteiger partial charge in [-0.15, -0.1) is 0 Å². The fraction of sp³-hybridized carbons (Fsp3) is 0.667. The summed E-state index contributed by atoms with van der Waals surface area (Å²) in [6.45, 7) is 4.99. The van der Waals surface area contributed by atoms with Crippen LogP contribution in [0.5, 0.6) is 0 Å². The van der Waals surface area contributed by atoms with Crippen LogP contribution in [0.1, 0.15) is 36.7 Å². The Labute approximate surface area is 112 Å². The number of halogens is 1. The third kappa shape index (κ3) is 3.03. The number of aromatic nitrogens is 2. The number of H-pyrrole nitrogens is 1. The molecule has 0 aromatic carbocycles. The number of hydrogen-bond donors (Lipinski definition) is 2. The van der Waals surface area contributed by atoms with Crippen LogP contribution in [0.2, 0.25) is 5.02 Å². The smallest absolute Gasteiger partial charge is 0.270 e. The summed E-state index contributed by atoms with van der Waals surface area (Å²) in [5.74, 6) is -0.181. The first-order valence-corrected chi connectivity index (χ1v) is 6.81. The van der Waals surface area contributed by atoms with Crippen molar-refractivity contribution in [2.45, 2.75) is 32.2 Å².